The molecule has 180 valence electrons. The van der Waals surface area contributed by atoms with Gasteiger partial charge < -0.3 is 14.5 Å². The second-order valence-electron chi connectivity index (χ2n) is 9.16. The van der Waals surface area contributed by atoms with Gasteiger partial charge in [0.05, 0.1) is 12.3 Å². The maximum Gasteiger partial charge on any atom is 0.168 e. The molecule has 1 aliphatic rings. The molecule has 35 heavy (non-hydrogen) atoms. The fourth-order valence-corrected chi connectivity index (χ4v) is 4.59. The summed E-state index contributed by atoms with van der Waals surface area (Å²) in [5, 5.41) is 8.92. The molecule has 1 fully saturated rings. The van der Waals surface area contributed by atoms with Gasteiger partial charge in [0, 0.05) is 38.3 Å². The van der Waals surface area contributed by atoms with E-state index in [9.17, 15) is 0 Å². The monoisotopic (exact) mass is 467 g/mol. The molecule has 2 heterocycles. The molecule has 4 aromatic rings. The summed E-state index contributed by atoms with van der Waals surface area (Å²) in [5.41, 5.74) is 4.38. The van der Waals surface area contributed by atoms with Gasteiger partial charge in [0.25, 0.3) is 0 Å². The molecular weight excluding hydrogens is 434 g/mol. The van der Waals surface area contributed by atoms with E-state index in [4.69, 9.17) is 4.74 Å². The van der Waals surface area contributed by atoms with Gasteiger partial charge in [-0.2, -0.15) is 0 Å². The summed E-state index contributed by atoms with van der Waals surface area (Å²) in [6.07, 6.45) is 1.01. The number of hydrogen-bond acceptors (Lipinski definition) is 5. The predicted molar refractivity (Wildman–Crippen MR) is 141 cm³/mol. The smallest absolute Gasteiger partial charge is 0.168 e. The van der Waals surface area contributed by atoms with E-state index in [1.165, 1.54) is 11.1 Å². The lowest BCUT2D eigenvalue weighted by molar-refractivity contribution is 0.145. The van der Waals surface area contributed by atoms with Crippen LogP contribution in [0.25, 0.3) is 28.2 Å². The quantitative estimate of drug-likeness (QED) is 0.344. The molecule has 0 amide bonds. The van der Waals surface area contributed by atoms with Gasteiger partial charge >= 0.3 is 0 Å². The van der Waals surface area contributed by atoms with Crippen LogP contribution in [0.2, 0.25) is 0 Å². The molecule has 0 atom stereocenters. The Morgan fingerprint density at radius 2 is 1.40 bits per heavy atom. The van der Waals surface area contributed by atoms with Crippen LogP contribution in [-0.4, -0.2) is 70.9 Å². The van der Waals surface area contributed by atoms with E-state index in [-0.39, 0.29) is 0 Å². The van der Waals surface area contributed by atoms with Crippen LogP contribution in [0.1, 0.15) is 12.2 Å². The van der Waals surface area contributed by atoms with Gasteiger partial charge in [-0.1, -0.05) is 66.7 Å². The van der Waals surface area contributed by atoms with Crippen LogP contribution in [0.15, 0.2) is 78.9 Å². The van der Waals surface area contributed by atoms with Crippen LogP contribution < -0.4 is 4.74 Å². The average Bonchev–Trinajstić information content (AvgIpc) is 3.29. The summed E-state index contributed by atoms with van der Waals surface area (Å²) in [7, 11) is 2.19. The van der Waals surface area contributed by atoms with E-state index in [1.807, 2.05) is 31.2 Å². The number of ether oxygens (including phenoxy) is 1. The molecule has 1 saturated heterocycles. The molecule has 0 spiro atoms. The van der Waals surface area contributed by atoms with Gasteiger partial charge in [-0.05, 0) is 43.7 Å². The third-order valence-corrected chi connectivity index (χ3v) is 6.65. The molecule has 0 bridgehead atoms. The molecule has 1 aromatic heterocycles. The van der Waals surface area contributed by atoms with Crippen molar-refractivity contribution in [1.82, 2.24) is 24.6 Å². The minimum Gasteiger partial charge on any atom is -0.491 e. The van der Waals surface area contributed by atoms with Crippen LogP contribution in [0.5, 0.6) is 5.75 Å². The van der Waals surface area contributed by atoms with Crippen molar-refractivity contribution in [2.45, 2.75) is 13.3 Å². The van der Waals surface area contributed by atoms with Crippen LogP contribution in [0, 0.1) is 6.92 Å². The Morgan fingerprint density at radius 1 is 0.743 bits per heavy atom. The molecule has 6 heteroatoms. The first-order valence-corrected chi connectivity index (χ1v) is 12.4. The number of piperazine rings is 1. The zero-order valence-corrected chi connectivity index (χ0v) is 20.6. The molecular formula is C29H33N5O. The Bertz CT molecular complexity index is 1230. The van der Waals surface area contributed by atoms with E-state index in [2.05, 4.69) is 86.2 Å². The summed E-state index contributed by atoms with van der Waals surface area (Å²) in [6, 6.07) is 27.1. The minimum atomic E-state index is 0.686. The van der Waals surface area contributed by atoms with Crippen molar-refractivity contribution >= 4 is 0 Å². The number of likely N-dealkylation sites (N-methyl/N-ethyl adjacent to an activating group) is 1. The molecule has 3 aromatic carbocycles. The summed E-state index contributed by atoms with van der Waals surface area (Å²) < 4.78 is 8.37. The van der Waals surface area contributed by atoms with Crippen molar-refractivity contribution in [2.24, 2.45) is 0 Å². The SMILES string of the molecule is Cc1nnc(-c2ccc(-c3ccccc3)cc2)n1-c1ccccc1OCCCN1CCN(C)CC1. The highest BCUT2D eigenvalue weighted by atomic mass is 16.5. The average molecular weight is 468 g/mol. The minimum absolute atomic E-state index is 0.686. The first-order valence-electron chi connectivity index (χ1n) is 12.4. The summed E-state index contributed by atoms with van der Waals surface area (Å²) >= 11 is 0. The number of benzene rings is 3. The Morgan fingerprint density at radius 3 is 2.17 bits per heavy atom. The predicted octanol–water partition coefficient (Wildman–Crippen LogP) is 4.93. The maximum absolute atomic E-state index is 6.28. The Balaban J connectivity index is 1.32. The summed E-state index contributed by atoms with van der Waals surface area (Å²) in [5.74, 6) is 2.51. The Kier molecular flexibility index (Phi) is 7.21. The fraction of sp³-hybridized carbons (Fsp3) is 0.310. The van der Waals surface area contributed by atoms with Gasteiger partial charge in [-0.25, -0.2) is 0 Å². The second kappa shape index (κ2) is 10.8. The van der Waals surface area contributed by atoms with Crippen LogP contribution >= 0.6 is 0 Å². The van der Waals surface area contributed by atoms with Crippen molar-refractivity contribution in [1.29, 1.82) is 0 Å². The lowest BCUT2D eigenvalue weighted by atomic mass is 10.0. The van der Waals surface area contributed by atoms with Crippen molar-refractivity contribution < 1.29 is 4.74 Å². The van der Waals surface area contributed by atoms with Gasteiger partial charge in [0.2, 0.25) is 0 Å². The summed E-state index contributed by atoms with van der Waals surface area (Å²) in [6.45, 7) is 8.31. The second-order valence-corrected chi connectivity index (χ2v) is 9.16. The van der Waals surface area contributed by atoms with Gasteiger partial charge in [-0.3, -0.25) is 4.57 Å². The lowest BCUT2D eigenvalue weighted by Crippen LogP contribution is -2.44. The number of nitrogens with zero attached hydrogens (tertiary/aromatic N) is 5. The first-order chi connectivity index (χ1) is 17.2. The Hall–Kier alpha value is -3.48. The molecule has 0 aliphatic carbocycles. The largest absolute Gasteiger partial charge is 0.491 e. The van der Waals surface area contributed by atoms with Crippen LogP contribution in [0.3, 0.4) is 0 Å². The highest BCUT2D eigenvalue weighted by Crippen LogP contribution is 2.30. The molecule has 0 unspecified atom stereocenters. The number of aromatic nitrogens is 3. The highest BCUT2D eigenvalue weighted by Gasteiger charge is 2.17. The highest BCUT2D eigenvalue weighted by molar-refractivity contribution is 5.69. The fourth-order valence-electron chi connectivity index (χ4n) is 4.59. The van der Waals surface area contributed by atoms with Crippen molar-refractivity contribution in [3.8, 4) is 34.0 Å². The number of aryl methyl sites for hydroxylation is 1. The Labute approximate surface area is 207 Å². The summed E-state index contributed by atoms with van der Waals surface area (Å²) in [4.78, 5) is 4.91. The standard InChI is InChI=1S/C29H33N5O/c1-23-30-31-29(26-15-13-25(14-16-26)24-9-4-3-5-10-24)34(23)27-11-6-7-12-28(27)35-22-8-17-33-20-18-32(2)19-21-33/h3-7,9-16H,8,17-22H2,1-2H3. The zero-order chi connectivity index (χ0) is 24.0. The van der Waals surface area contributed by atoms with Gasteiger partial charge in [-0.15, -0.1) is 10.2 Å². The number of para-hydroxylation sites is 2. The first kappa shape index (κ1) is 23.3. The molecule has 0 radical (unpaired) electrons. The normalized spacial score (nSPS) is 14.8. The molecule has 0 N–H and O–H groups in total. The molecule has 1 aliphatic heterocycles. The van der Waals surface area contributed by atoms with E-state index in [1.54, 1.807) is 0 Å². The topological polar surface area (TPSA) is 46.4 Å². The van der Waals surface area contributed by atoms with E-state index in [0.29, 0.717) is 6.61 Å². The van der Waals surface area contributed by atoms with E-state index < -0.39 is 0 Å². The molecule has 6 nitrogen and oxygen atoms in total. The molecule has 5 rings (SSSR count). The van der Waals surface area contributed by atoms with Gasteiger partial charge in [0.1, 0.15) is 11.6 Å². The number of hydrogen-bond donors (Lipinski definition) is 0. The molecule has 0 saturated carbocycles. The zero-order valence-electron chi connectivity index (χ0n) is 20.6. The van der Waals surface area contributed by atoms with Crippen LogP contribution in [0.4, 0.5) is 0 Å². The maximum atomic E-state index is 6.28. The van der Waals surface area contributed by atoms with Crippen molar-refractivity contribution in [3.63, 3.8) is 0 Å². The lowest BCUT2D eigenvalue weighted by Gasteiger charge is -2.32. The third kappa shape index (κ3) is 5.45. The van der Waals surface area contributed by atoms with E-state index in [0.717, 1.165) is 67.8 Å². The van der Waals surface area contributed by atoms with Gasteiger partial charge in [0.15, 0.2) is 5.82 Å². The van der Waals surface area contributed by atoms with Crippen molar-refractivity contribution in [3.05, 3.63) is 84.7 Å². The van der Waals surface area contributed by atoms with Crippen molar-refractivity contribution in [2.75, 3.05) is 46.4 Å². The van der Waals surface area contributed by atoms with Crippen LogP contribution in [-0.2, 0) is 0 Å². The third-order valence-electron chi connectivity index (χ3n) is 6.65. The number of rotatable bonds is 8. The van der Waals surface area contributed by atoms with E-state index >= 15 is 0 Å².